The summed E-state index contributed by atoms with van der Waals surface area (Å²) < 4.78 is 27.5. The second kappa shape index (κ2) is 15.1. The molecule has 222 valence electrons. The number of benzene rings is 3. The maximum Gasteiger partial charge on any atom is 0.339 e. The molecule has 3 aromatic carbocycles. The fourth-order valence-corrected chi connectivity index (χ4v) is 5.79. The summed E-state index contributed by atoms with van der Waals surface area (Å²) >= 11 is 1.38. The third kappa shape index (κ3) is 9.72. The minimum Gasteiger partial charge on any atom is -0.507 e. The fourth-order valence-electron chi connectivity index (χ4n) is 3.85. The minimum absolute atomic E-state index is 0.0566. The van der Waals surface area contributed by atoms with E-state index >= 15 is 0 Å². The van der Waals surface area contributed by atoms with Crippen LogP contribution in [0.5, 0.6) is 5.75 Å². The number of thioether (sulfide) groups is 1. The summed E-state index contributed by atoms with van der Waals surface area (Å²) in [5.74, 6) is -3.57. The number of aryl methyl sites for hydroxylation is 1. The number of hydrogen-bond acceptors (Lipinski definition) is 8. The van der Waals surface area contributed by atoms with Gasteiger partial charge in [0.15, 0.2) is 5.78 Å². The van der Waals surface area contributed by atoms with Gasteiger partial charge in [0.2, 0.25) is 10.0 Å². The highest BCUT2D eigenvalue weighted by molar-refractivity contribution is 7.99. The van der Waals surface area contributed by atoms with Gasteiger partial charge in [-0.3, -0.25) is 14.4 Å². The normalized spacial score (nSPS) is 11.9. The molecule has 13 heteroatoms. The largest absolute Gasteiger partial charge is 0.507 e. The van der Waals surface area contributed by atoms with Crippen LogP contribution >= 0.6 is 11.8 Å². The highest BCUT2D eigenvalue weighted by Crippen LogP contribution is 2.21. The van der Waals surface area contributed by atoms with Gasteiger partial charge < -0.3 is 20.6 Å². The summed E-state index contributed by atoms with van der Waals surface area (Å²) in [6.07, 6.45) is 1.14. The van der Waals surface area contributed by atoms with Gasteiger partial charge in [-0.25, -0.2) is 17.9 Å². The summed E-state index contributed by atoms with van der Waals surface area (Å²) in [5.41, 5.74) is 1.24. The van der Waals surface area contributed by atoms with Gasteiger partial charge in [-0.1, -0.05) is 42.5 Å². The molecule has 5 N–H and O–H groups in total. The van der Waals surface area contributed by atoms with E-state index in [0.29, 0.717) is 11.3 Å². The molecule has 3 aromatic rings. The molecule has 42 heavy (non-hydrogen) atoms. The van der Waals surface area contributed by atoms with Gasteiger partial charge in [-0.05, 0) is 60.1 Å². The van der Waals surface area contributed by atoms with Crippen LogP contribution in [0.2, 0.25) is 0 Å². The van der Waals surface area contributed by atoms with Gasteiger partial charge in [-0.2, -0.15) is 11.8 Å². The summed E-state index contributed by atoms with van der Waals surface area (Å²) in [6, 6.07) is 17.3. The Kier molecular flexibility index (Phi) is 11.7. The number of phenols is 1. The van der Waals surface area contributed by atoms with Crippen LogP contribution in [0.25, 0.3) is 0 Å². The third-order valence-electron chi connectivity index (χ3n) is 6.11. The van der Waals surface area contributed by atoms with Crippen molar-refractivity contribution >= 4 is 45.4 Å². The monoisotopic (exact) mass is 614 g/mol. The highest BCUT2D eigenvalue weighted by atomic mass is 32.2. The molecule has 11 nitrogen and oxygen atoms in total. The molecule has 0 aliphatic carbocycles. The zero-order valence-corrected chi connectivity index (χ0v) is 24.0. The Bertz CT molecular complexity index is 1530. The molecule has 1 amide bonds. The van der Waals surface area contributed by atoms with Crippen LogP contribution in [-0.4, -0.2) is 64.9 Å². The average Bonchev–Trinajstić information content (AvgIpc) is 2.96. The molecule has 0 unspecified atom stereocenters. The number of aromatic carboxylic acids is 1. The number of ketones is 1. The lowest BCUT2D eigenvalue weighted by molar-refractivity contribution is -0.139. The van der Waals surface area contributed by atoms with Gasteiger partial charge >= 0.3 is 11.9 Å². The van der Waals surface area contributed by atoms with Gasteiger partial charge in [-0.15, -0.1) is 0 Å². The number of hydrogen-bond donors (Lipinski definition) is 5. The van der Waals surface area contributed by atoms with Crippen LogP contribution in [-0.2, 0) is 32.6 Å². The average molecular weight is 615 g/mol. The molecular formula is C29H30N2O9S2. The van der Waals surface area contributed by atoms with Crippen LogP contribution in [0.1, 0.15) is 44.7 Å². The van der Waals surface area contributed by atoms with Crippen molar-refractivity contribution in [1.82, 2.24) is 10.0 Å². The van der Waals surface area contributed by atoms with E-state index < -0.39 is 57.4 Å². The number of aliphatic carboxylic acids is 1. The van der Waals surface area contributed by atoms with Crippen molar-refractivity contribution in [2.45, 2.75) is 36.7 Å². The Morgan fingerprint density at radius 1 is 0.881 bits per heavy atom. The Balaban J connectivity index is 1.53. The maximum atomic E-state index is 12.8. The molecule has 0 fully saturated rings. The van der Waals surface area contributed by atoms with Crippen molar-refractivity contribution in [1.29, 1.82) is 0 Å². The number of aromatic hydroxyl groups is 1. The van der Waals surface area contributed by atoms with Crippen LogP contribution in [0, 0.1) is 0 Å². The van der Waals surface area contributed by atoms with E-state index in [1.54, 1.807) is 0 Å². The molecule has 0 aromatic heterocycles. The third-order valence-corrected chi connectivity index (χ3v) is 8.57. The second-order valence-corrected chi connectivity index (χ2v) is 12.1. The van der Waals surface area contributed by atoms with Gasteiger partial charge in [0, 0.05) is 12.1 Å². The van der Waals surface area contributed by atoms with Crippen molar-refractivity contribution in [3.05, 3.63) is 95.1 Å². The standard InChI is InChI=1S/C29H30N2O9S2/c32-25-13-12-22(15-23(25)29(37)38)42(39,40)30-17-20-8-10-21(11-9-20)28(36)31-24(16-27(34)35)26(33)18-41-14-4-7-19-5-2-1-3-6-19/h1-3,5-6,8-13,15,24,30,32H,4,7,14,16-18H2,(H,31,36)(H,34,35)(H,37,38)/t24-/m0/s1. The Labute approximate surface area is 247 Å². The van der Waals surface area contributed by atoms with Crippen LogP contribution in [0.4, 0.5) is 0 Å². The first-order chi connectivity index (χ1) is 20.0. The van der Waals surface area contributed by atoms with Crippen molar-refractivity contribution in [3.8, 4) is 5.75 Å². The van der Waals surface area contributed by atoms with E-state index in [9.17, 15) is 37.8 Å². The number of sulfonamides is 1. The first kappa shape index (κ1) is 32.3. The SMILES string of the molecule is O=C(O)C[C@H](NC(=O)c1ccc(CNS(=O)(=O)c2ccc(O)c(C(=O)O)c2)cc1)C(=O)CSCCCc1ccccc1. The quantitative estimate of drug-likeness (QED) is 0.150. The Morgan fingerprint density at radius 2 is 1.57 bits per heavy atom. The Morgan fingerprint density at radius 3 is 2.21 bits per heavy atom. The first-order valence-corrected chi connectivity index (χ1v) is 15.4. The molecule has 0 aliphatic heterocycles. The molecule has 0 aliphatic rings. The van der Waals surface area contributed by atoms with E-state index in [2.05, 4.69) is 10.0 Å². The zero-order chi connectivity index (χ0) is 30.7. The van der Waals surface area contributed by atoms with E-state index in [4.69, 9.17) is 5.11 Å². The lowest BCUT2D eigenvalue weighted by Crippen LogP contribution is -2.43. The predicted molar refractivity (Wildman–Crippen MR) is 156 cm³/mol. The number of carbonyl (C=O) groups excluding carboxylic acids is 2. The van der Waals surface area contributed by atoms with Gasteiger partial charge in [0.05, 0.1) is 23.1 Å². The number of Topliss-reactive ketones (excluding diaryl/α,β-unsaturated/α-hetero) is 1. The van der Waals surface area contributed by atoms with Crippen molar-refractivity contribution < 1.29 is 42.9 Å². The molecule has 0 saturated heterocycles. The second-order valence-electron chi connectivity index (χ2n) is 9.24. The van der Waals surface area contributed by atoms with E-state index in [-0.39, 0.29) is 22.8 Å². The van der Waals surface area contributed by atoms with Gasteiger partial charge in [0.25, 0.3) is 5.91 Å². The molecular weight excluding hydrogens is 584 g/mol. The summed E-state index contributed by atoms with van der Waals surface area (Å²) in [7, 11) is -4.12. The van der Waals surface area contributed by atoms with Crippen LogP contribution in [0.3, 0.4) is 0 Å². The fraction of sp³-hybridized carbons (Fsp3) is 0.241. The smallest absolute Gasteiger partial charge is 0.339 e. The molecule has 0 radical (unpaired) electrons. The number of carbonyl (C=O) groups is 4. The number of rotatable bonds is 16. The van der Waals surface area contributed by atoms with Crippen molar-refractivity contribution in [2.75, 3.05) is 11.5 Å². The van der Waals surface area contributed by atoms with Gasteiger partial charge in [0.1, 0.15) is 11.3 Å². The predicted octanol–water partition coefficient (Wildman–Crippen LogP) is 3.08. The number of amides is 1. The molecule has 0 bridgehead atoms. The minimum atomic E-state index is -4.12. The van der Waals surface area contributed by atoms with Crippen molar-refractivity contribution in [3.63, 3.8) is 0 Å². The summed E-state index contributed by atoms with van der Waals surface area (Å²) in [6.45, 7) is -0.185. The molecule has 0 heterocycles. The lowest BCUT2D eigenvalue weighted by Gasteiger charge is -2.16. The summed E-state index contributed by atoms with van der Waals surface area (Å²) in [4.78, 5) is 47.6. The number of nitrogens with one attached hydrogen (secondary N) is 2. The topological polar surface area (TPSA) is 187 Å². The van der Waals surface area contributed by atoms with E-state index in [1.807, 2.05) is 30.3 Å². The number of carboxylic acids is 2. The van der Waals surface area contributed by atoms with Crippen LogP contribution < -0.4 is 10.0 Å². The Hall–Kier alpha value is -4.20. The first-order valence-electron chi connectivity index (χ1n) is 12.8. The lowest BCUT2D eigenvalue weighted by atomic mass is 10.1. The summed E-state index contributed by atoms with van der Waals surface area (Å²) in [5, 5.41) is 30.4. The van der Waals surface area contributed by atoms with Crippen molar-refractivity contribution in [2.24, 2.45) is 0 Å². The van der Waals surface area contributed by atoms with E-state index in [0.717, 1.165) is 31.0 Å². The molecule has 0 spiro atoms. The zero-order valence-electron chi connectivity index (χ0n) is 22.4. The molecule has 0 saturated carbocycles. The molecule has 1 atom stereocenters. The number of carboxylic acid groups (broad SMARTS) is 2. The maximum absolute atomic E-state index is 12.8. The highest BCUT2D eigenvalue weighted by Gasteiger charge is 2.24. The molecule has 3 rings (SSSR count). The van der Waals surface area contributed by atoms with Crippen LogP contribution in [0.15, 0.2) is 77.7 Å². The van der Waals surface area contributed by atoms with E-state index in [1.165, 1.54) is 41.6 Å².